The molecule has 1 aliphatic heterocycles. The van der Waals surface area contributed by atoms with Crippen LogP contribution < -0.4 is 5.32 Å². The van der Waals surface area contributed by atoms with Crippen LogP contribution in [-0.4, -0.2) is 50.3 Å². The van der Waals surface area contributed by atoms with Crippen molar-refractivity contribution >= 4 is 0 Å². The quantitative estimate of drug-likeness (QED) is 0.675. The molecule has 0 spiro atoms. The van der Waals surface area contributed by atoms with Gasteiger partial charge in [0.2, 0.25) is 0 Å². The minimum atomic E-state index is 0.398. The fourth-order valence-electron chi connectivity index (χ4n) is 2.88. The van der Waals surface area contributed by atoms with Gasteiger partial charge in [0.05, 0.1) is 13.2 Å². The van der Waals surface area contributed by atoms with Crippen molar-refractivity contribution < 1.29 is 4.74 Å². The Hall–Kier alpha value is -0.120. The topological polar surface area (TPSA) is 24.5 Å². The molecule has 0 amide bonds. The Morgan fingerprint density at radius 1 is 1.33 bits per heavy atom. The maximum Gasteiger partial charge on any atom is 0.0619 e. The minimum Gasteiger partial charge on any atom is -0.379 e. The Balaban J connectivity index is 2.48. The third-order valence-electron chi connectivity index (χ3n) is 3.92. The molecule has 1 aliphatic rings. The first-order valence-electron chi connectivity index (χ1n) is 7.64. The molecule has 1 N–H and O–H groups in total. The Morgan fingerprint density at radius 2 is 2.11 bits per heavy atom. The van der Waals surface area contributed by atoms with Gasteiger partial charge in [-0.2, -0.15) is 0 Å². The average molecular weight is 256 g/mol. The Kier molecular flexibility index (Phi) is 7.20. The van der Waals surface area contributed by atoms with Crippen LogP contribution in [0.1, 0.15) is 47.0 Å². The molecule has 0 aromatic carbocycles. The molecule has 2 unspecified atom stereocenters. The zero-order chi connectivity index (χ0) is 13.4. The largest absolute Gasteiger partial charge is 0.379 e. The summed E-state index contributed by atoms with van der Waals surface area (Å²) in [7, 11) is 0. The number of rotatable bonds is 8. The van der Waals surface area contributed by atoms with E-state index in [1.807, 2.05) is 0 Å². The summed E-state index contributed by atoms with van der Waals surface area (Å²) in [6.45, 7) is 15.6. The fraction of sp³-hybridized carbons (Fsp3) is 1.00. The zero-order valence-electron chi connectivity index (χ0n) is 12.8. The molecule has 1 saturated heterocycles. The van der Waals surface area contributed by atoms with Gasteiger partial charge in [0, 0.05) is 25.7 Å². The van der Waals surface area contributed by atoms with Gasteiger partial charge in [0.15, 0.2) is 0 Å². The molecule has 108 valence electrons. The number of ether oxygens (including phenoxy) is 1. The molecule has 0 bridgehead atoms. The van der Waals surface area contributed by atoms with Gasteiger partial charge in [-0.25, -0.2) is 0 Å². The van der Waals surface area contributed by atoms with E-state index in [1.165, 1.54) is 25.8 Å². The van der Waals surface area contributed by atoms with Gasteiger partial charge in [-0.05, 0) is 31.7 Å². The molecule has 1 heterocycles. The van der Waals surface area contributed by atoms with Gasteiger partial charge >= 0.3 is 0 Å². The van der Waals surface area contributed by atoms with E-state index in [4.69, 9.17) is 4.74 Å². The van der Waals surface area contributed by atoms with Crippen molar-refractivity contribution in [3.8, 4) is 0 Å². The maximum atomic E-state index is 5.53. The van der Waals surface area contributed by atoms with E-state index >= 15 is 0 Å². The third kappa shape index (κ3) is 5.25. The van der Waals surface area contributed by atoms with Crippen molar-refractivity contribution in [3.05, 3.63) is 0 Å². The van der Waals surface area contributed by atoms with Crippen LogP contribution in [0.4, 0.5) is 0 Å². The van der Waals surface area contributed by atoms with Crippen LogP contribution in [0.15, 0.2) is 0 Å². The molecular weight excluding hydrogens is 224 g/mol. The molecular formula is C15H32N2O. The predicted octanol–water partition coefficient (Wildman–Crippen LogP) is 2.51. The van der Waals surface area contributed by atoms with Crippen molar-refractivity contribution in [2.45, 2.75) is 53.0 Å². The standard InChI is InChI=1S/C15H32N2O/c1-5-7-15(4,12-16-8-6-2)13-17-9-10-18-11-14(17)3/h14,16H,5-13H2,1-4H3. The van der Waals surface area contributed by atoms with Gasteiger partial charge in [0.25, 0.3) is 0 Å². The van der Waals surface area contributed by atoms with Crippen molar-refractivity contribution in [3.63, 3.8) is 0 Å². The molecule has 1 fully saturated rings. The first-order valence-corrected chi connectivity index (χ1v) is 7.64. The Bertz CT molecular complexity index is 223. The monoisotopic (exact) mass is 256 g/mol. The van der Waals surface area contributed by atoms with Crippen molar-refractivity contribution in [1.29, 1.82) is 0 Å². The Morgan fingerprint density at radius 3 is 2.72 bits per heavy atom. The van der Waals surface area contributed by atoms with E-state index in [1.54, 1.807) is 0 Å². The minimum absolute atomic E-state index is 0.398. The summed E-state index contributed by atoms with van der Waals surface area (Å²) in [5, 5.41) is 3.61. The second kappa shape index (κ2) is 8.13. The van der Waals surface area contributed by atoms with Crippen LogP contribution in [0, 0.1) is 5.41 Å². The second-order valence-corrected chi connectivity index (χ2v) is 6.13. The lowest BCUT2D eigenvalue weighted by Crippen LogP contribution is -2.50. The number of hydrogen-bond acceptors (Lipinski definition) is 3. The van der Waals surface area contributed by atoms with Gasteiger partial charge in [-0.15, -0.1) is 0 Å². The molecule has 3 heteroatoms. The molecule has 0 aromatic heterocycles. The summed E-state index contributed by atoms with van der Waals surface area (Å²) in [6.07, 6.45) is 3.78. The van der Waals surface area contributed by atoms with E-state index in [-0.39, 0.29) is 0 Å². The summed E-state index contributed by atoms with van der Waals surface area (Å²) in [5.41, 5.74) is 0.398. The Labute approximate surface area is 113 Å². The van der Waals surface area contributed by atoms with Gasteiger partial charge in [-0.3, -0.25) is 4.90 Å². The average Bonchev–Trinajstić information content (AvgIpc) is 2.33. The molecule has 0 aromatic rings. The number of hydrogen-bond donors (Lipinski definition) is 1. The first-order chi connectivity index (χ1) is 8.61. The van der Waals surface area contributed by atoms with Crippen LogP contribution in [0.2, 0.25) is 0 Å². The lowest BCUT2D eigenvalue weighted by Gasteiger charge is -2.41. The molecule has 2 atom stereocenters. The summed E-state index contributed by atoms with van der Waals surface area (Å²) in [6, 6.07) is 0.570. The number of morpholine rings is 1. The lowest BCUT2D eigenvalue weighted by molar-refractivity contribution is -0.0193. The van der Waals surface area contributed by atoms with Gasteiger partial charge in [0.1, 0.15) is 0 Å². The van der Waals surface area contributed by atoms with E-state index in [2.05, 4.69) is 37.9 Å². The summed E-state index contributed by atoms with van der Waals surface area (Å²) < 4.78 is 5.53. The van der Waals surface area contributed by atoms with E-state index < -0.39 is 0 Å². The van der Waals surface area contributed by atoms with E-state index in [0.717, 1.165) is 32.8 Å². The molecule has 3 nitrogen and oxygen atoms in total. The summed E-state index contributed by atoms with van der Waals surface area (Å²) in [4.78, 5) is 2.60. The van der Waals surface area contributed by atoms with E-state index in [0.29, 0.717) is 11.5 Å². The highest BCUT2D eigenvalue weighted by Gasteiger charge is 2.29. The summed E-state index contributed by atoms with van der Waals surface area (Å²) in [5.74, 6) is 0. The smallest absolute Gasteiger partial charge is 0.0619 e. The SMILES string of the molecule is CCCNCC(C)(CCC)CN1CCOCC1C. The van der Waals surface area contributed by atoms with Crippen LogP contribution in [0.3, 0.4) is 0 Å². The van der Waals surface area contributed by atoms with Crippen LogP contribution >= 0.6 is 0 Å². The highest BCUT2D eigenvalue weighted by Crippen LogP contribution is 2.25. The van der Waals surface area contributed by atoms with E-state index in [9.17, 15) is 0 Å². The fourth-order valence-corrected chi connectivity index (χ4v) is 2.88. The normalized spacial score (nSPS) is 25.0. The predicted molar refractivity (Wildman–Crippen MR) is 78.0 cm³/mol. The van der Waals surface area contributed by atoms with Crippen LogP contribution in [-0.2, 0) is 4.74 Å². The molecule has 0 radical (unpaired) electrons. The molecule has 0 aliphatic carbocycles. The molecule has 0 saturated carbocycles. The third-order valence-corrected chi connectivity index (χ3v) is 3.92. The zero-order valence-corrected chi connectivity index (χ0v) is 12.8. The maximum absolute atomic E-state index is 5.53. The van der Waals surface area contributed by atoms with Crippen LogP contribution in [0.5, 0.6) is 0 Å². The van der Waals surface area contributed by atoms with Gasteiger partial charge in [-0.1, -0.05) is 27.2 Å². The lowest BCUT2D eigenvalue weighted by atomic mass is 9.84. The molecule has 1 rings (SSSR count). The van der Waals surface area contributed by atoms with Crippen molar-refractivity contribution in [2.24, 2.45) is 5.41 Å². The second-order valence-electron chi connectivity index (χ2n) is 6.13. The highest BCUT2D eigenvalue weighted by atomic mass is 16.5. The summed E-state index contributed by atoms with van der Waals surface area (Å²) >= 11 is 0. The van der Waals surface area contributed by atoms with Crippen molar-refractivity contribution in [1.82, 2.24) is 10.2 Å². The number of nitrogens with zero attached hydrogens (tertiary/aromatic N) is 1. The first kappa shape index (κ1) is 15.9. The van der Waals surface area contributed by atoms with Crippen molar-refractivity contribution in [2.75, 3.05) is 39.4 Å². The number of nitrogens with one attached hydrogen (secondary N) is 1. The molecule has 18 heavy (non-hydrogen) atoms. The van der Waals surface area contributed by atoms with Crippen LogP contribution in [0.25, 0.3) is 0 Å². The highest BCUT2D eigenvalue weighted by molar-refractivity contribution is 4.83. The van der Waals surface area contributed by atoms with Gasteiger partial charge < -0.3 is 10.1 Å².